The van der Waals surface area contributed by atoms with Gasteiger partial charge in [-0.1, -0.05) is 0 Å². The van der Waals surface area contributed by atoms with Crippen LogP contribution in [0.1, 0.15) is 16.1 Å². The van der Waals surface area contributed by atoms with E-state index >= 15 is 0 Å². The fourth-order valence-corrected chi connectivity index (χ4v) is 2.09. The molecule has 0 saturated carbocycles. The molecule has 0 amide bonds. The Hall–Kier alpha value is -0.960. The third kappa shape index (κ3) is 3.27. The summed E-state index contributed by atoms with van der Waals surface area (Å²) in [6.45, 7) is 0. The summed E-state index contributed by atoms with van der Waals surface area (Å²) in [7, 11) is 0. The summed E-state index contributed by atoms with van der Waals surface area (Å²) in [4.78, 5) is 32.7. The highest BCUT2D eigenvalue weighted by atomic mass is 127. The maximum absolute atomic E-state index is 11.4. The van der Waals surface area contributed by atoms with Crippen LogP contribution < -0.4 is 3.53 Å². The van der Waals surface area contributed by atoms with Crippen LogP contribution in [0, 0.1) is 0 Å². The van der Waals surface area contributed by atoms with Crippen molar-refractivity contribution in [1.82, 2.24) is 0 Å². The number of thiophene rings is 1. The summed E-state index contributed by atoms with van der Waals surface area (Å²) < 4.78 is 2.81. The Morgan fingerprint density at radius 3 is 2.53 bits per heavy atom. The maximum Gasteiger partial charge on any atom is 0.372 e. The second-order valence-corrected chi connectivity index (χ2v) is 4.21. The zero-order chi connectivity index (χ0) is 11.4. The predicted molar refractivity (Wildman–Crippen MR) is 63.6 cm³/mol. The summed E-state index contributed by atoms with van der Waals surface area (Å²) in [5.41, 5.74) is 0. The molecule has 0 unspecified atom stereocenters. The number of ketones is 2. The Morgan fingerprint density at radius 1 is 1.40 bits per heavy atom. The minimum atomic E-state index is -1.58. The van der Waals surface area contributed by atoms with Gasteiger partial charge in [-0.25, -0.2) is 4.79 Å². The van der Waals surface area contributed by atoms with Crippen LogP contribution in [0.5, 0.6) is 0 Å². The molecular weight excluding hydrogens is 333 g/mol. The Balaban J connectivity index is 2.69. The van der Waals surface area contributed by atoms with Crippen molar-refractivity contribution in [2.24, 2.45) is 0 Å². The van der Waals surface area contributed by atoms with Crippen molar-refractivity contribution in [1.29, 1.82) is 0 Å². The van der Waals surface area contributed by atoms with Crippen molar-refractivity contribution in [2.75, 3.05) is 3.53 Å². The molecular formula is C8H6INO4S. The summed E-state index contributed by atoms with van der Waals surface area (Å²) in [5, 5.41) is 9.10. The lowest BCUT2D eigenvalue weighted by Crippen LogP contribution is -2.16. The molecule has 80 valence electrons. The lowest BCUT2D eigenvalue weighted by molar-refractivity contribution is -0.148. The van der Waals surface area contributed by atoms with E-state index in [-0.39, 0.29) is 0 Å². The van der Waals surface area contributed by atoms with E-state index in [1.807, 2.05) is 22.9 Å². The molecule has 7 heteroatoms. The largest absolute Gasteiger partial charge is 0.475 e. The first-order chi connectivity index (χ1) is 7.04. The quantitative estimate of drug-likeness (QED) is 0.281. The molecule has 0 radical (unpaired) electrons. The smallest absolute Gasteiger partial charge is 0.372 e. The van der Waals surface area contributed by atoms with E-state index < -0.39 is 24.0 Å². The van der Waals surface area contributed by atoms with Crippen LogP contribution in [0.15, 0.2) is 12.1 Å². The van der Waals surface area contributed by atoms with Crippen LogP contribution in [-0.4, -0.2) is 22.6 Å². The van der Waals surface area contributed by atoms with E-state index in [1.165, 1.54) is 11.3 Å². The summed E-state index contributed by atoms with van der Waals surface area (Å²) in [6.07, 6.45) is -0.587. The van der Waals surface area contributed by atoms with Crippen LogP contribution in [-0.2, 0) is 9.59 Å². The molecule has 0 aromatic carbocycles. The van der Waals surface area contributed by atoms with Gasteiger partial charge in [0.15, 0.2) is 5.78 Å². The second-order valence-electron chi connectivity index (χ2n) is 2.59. The standard InChI is InChI=1S/C8H6INO4S/c9-10-7-2-1-6(15-7)4(11)3-5(12)8(13)14/h1-2,10H,3H2,(H,13,14). The number of carbonyl (C=O) groups is 3. The number of aliphatic carboxylic acids is 1. The molecule has 1 rings (SSSR count). The fraction of sp³-hybridized carbons (Fsp3) is 0.125. The van der Waals surface area contributed by atoms with Gasteiger partial charge in [0.2, 0.25) is 5.78 Å². The molecule has 0 aliphatic carbocycles. The Kier molecular flexibility index (Phi) is 4.21. The minimum Gasteiger partial charge on any atom is -0.475 e. The number of carbonyl (C=O) groups excluding carboxylic acids is 2. The van der Waals surface area contributed by atoms with Gasteiger partial charge in [0.25, 0.3) is 0 Å². The molecule has 0 saturated heterocycles. The van der Waals surface area contributed by atoms with Crippen LogP contribution in [0.4, 0.5) is 5.00 Å². The number of hydrogen-bond acceptors (Lipinski definition) is 5. The van der Waals surface area contributed by atoms with E-state index in [2.05, 4.69) is 3.53 Å². The summed E-state index contributed by atoms with van der Waals surface area (Å²) in [5.74, 6) is -3.13. The minimum absolute atomic E-state index is 0.378. The molecule has 0 aliphatic rings. The average molecular weight is 339 g/mol. The second kappa shape index (κ2) is 5.21. The molecule has 1 heterocycles. The van der Waals surface area contributed by atoms with Crippen molar-refractivity contribution >= 4 is 56.7 Å². The van der Waals surface area contributed by atoms with Crippen molar-refractivity contribution in [3.05, 3.63) is 17.0 Å². The molecule has 0 spiro atoms. The first-order valence-corrected chi connectivity index (χ1v) is 5.70. The molecule has 1 aromatic rings. The Bertz CT molecular complexity index is 415. The molecule has 2 N–H and O–H groups in total. The Morgan fingerprint density at radius 2 is 2.07 bits per heavy atom. The highest BCUT2D eigenvalue weighted by molar-refractivity contribution is 14.1. The molecule has 1 aromatic heterocycles. The molecule has 0 aliphatic heterocycles. The van der Waals surface area contributed by atoms with E-state index in [9.17, 15) is 14.4 Å². The third-order valence-corrected chi connectivity index (χ3v) is 3.52. The fourth-order valence-electron chi connectivity index (χ4n) is 0.847. The van der Waals surface area contributed by atoms with E-state index in [4.69, 9.17) is 5.11 Å². The van der Waals surface area contributed by atoms with Gasteiger partial charge in [0.05, 0.1) is 39.2 Å². The normalized spacial score (nSPS) is 9.67. The number of halogens is 1. The number of hydrogen-bond donors (Lipinski definition) is 2. The highest BCUT2D eigenvalue weighted by Gasteiger charge is 2.18. The zero-order valence-corrected chi connectivity index (χ0v) is 10.3. The maximum atomic E-state index is 11.4. The lowest BCUT2D eigenvalue weighted by Gasteiger charge is -1.93. The van der Waals surface area contributed by atoms with Gasteiger partial charge in [-0.3, -0.25) is 9.59 Å². The third-order valence-electron chi connectivity index (χ3n) is 1.53. The molecule has 0 atom stereocenters. The number of carboxylic acid groups (broad SMARTS) is 1. The van der Waals surface area contributed by atoms with Crippen molar-refractivity contribution in [3.63, 3.8) is 0 Å². The van der Waals surface area contributed by atoms with E-state index in [0.29, 0.717) is 4.88 Å². The first-order valence-electron chi connectivity index (χ1n) is 3.80. The summed E-state index contributed by atoms with van der Waals surface area (Å²) in [6, 6.07) is 3.25. The van der Waals surface area contributed by atoms with Gasteiger partial charge in [-0.05, 0) is 12.1 Å². The molecule has 15 heavy (non-hydrogen) atoms. The molecule has 0 bridgehead atoms. The highest BCUT2D eigenvalue weighted by Crippen LogP contribution is 2.24. The monoisotopic (exact) mass is 339 g/mol. The number of Topliss-reactive ketones (excluding diaryl/α,β-unsaturated/α-hetero) is 2. The Labute approximate surface area is 103 Å². The lowest BCUT2D eigenvalue weighted by atomic mass is 10.2. The van der Waals surface area contributed by atoms with Gasteiger partial charge in [0.1, 0.15) is 0 Å². The van der Waals surface area contributed by atoms with Gasteiger partial charge in [-0.15, -0.1) is 11.3 Å². The van der Waals surface area contributed by atoms with Gasteiger partial charge < -0.3 is 8.64 Å². The average Bonchev–Trinajstić information content (AvgIpc) is 2.65. The number of carboxylic acids is 1. The zero-order valence-electron chi connectivity index (χ0n) is 7.32. The van der Waals surface area contributed by atoms with Crippen LogP contribution in [0.3, 0.4) is 0 Å². The van der Waals surface area contributed by atoms with Crippen molar-refractivity contribution in [3.8, 4) is 0 Å². The van der Waals surface area contributed by atoms with Gasteiger partial charge in [-0.2, -0.15) is 0 Å². The number of anilines is 1. The van der Waals surface area contributed by atoms with Crippen molar-refractivity contribution in [2.45, 2.75) is 6.42 Å². The van der Waals surface area contributed by atoms with Crippen molar-refractivity contribution < 1.29 is 19.5 Å². The van der Waals surface area contributed by atoms with Gasteiger partial charge >= 0.3 is 5.97 Å². The number of rotatable bonds is 5. The van der Waals surface area contributed by atoms with Gasteiger partial charge in [0, 0.05) is 0 Å². The van der Waals surface area contributed by atoms with E-state index in [1.54, 1.807) is 12.1 Å². The predicted octanol–water partition coefficient (Wildman–Crippen LogP) is 1.74. The van der Waals surface area contributed by atoms with Crippen LogP contribution >= 0.6 is 34.2 Å². The topological polar surface area (TPSA) is 83.5 Å². The molecule has 0 fully saturated rings. The molecule has 5 nitrogen and oxygen atoms in total. The number of nitrogens with one attached hydrogen (secondary N) is 1. The van der Waals surface area contributed by atoms with E-state index in [0.717, 1.165) is 5.00 Å². The first kappa shape index (κ1) is 12.1. The van der Waals surface area contributed by atoms with Crippen LogP contribution in [0.2, 0.25) is 0 Å². The van der Waals surface area contributed by atoms with Crippen LogP contribution in [0.25, 0.3) is 0 Å². The SMILES string of the molecule is O=C(O)C(=O)CC(=O)c1ccc(NI)s1. The summed E-state index contributed by atoms with van der Waals surface area (Å²) >= 11 is 3.10.